The van der Waals surface area contributed by atoms with Crippen LogP contribution in [0, 0.1) is 12.5 Å². The second kappa shape index (κ2) is 7.47. The fraction of sp³-hybridized carbons (Fsp3) is 0.200. The summed E-state index contributed by atoms with van der Waals surface area (Å²) in [5, 5.41) is 8.47. The molecule has 1 aromatic carbocycles. The molecule has 0 bridgehead atoms. The van der Waals surface area contributed by atoms with Gasteiger partial charge in [0.2, 0.25) is 0 Å². The summed E-state index contributed by atoms with van der Waals surface area (Å²) in [7, 11) is 0. The molecule has 32 heavy (non-hydrogen) atoms. The van der Waals surface area contributed by atoms with Gasteiger partial charge in [-0.3, -0.25) is 14.6 Å². The molecule has 3 heterocycles. The second-order valence-corrected chi connectivity index (χ2v) is 8.23. The maximum Gasteiger partial charge on any atom is 0.365 e. The molecule has 1 saturated carbocycles. The summed E-state index contributed by atoms with van der Waals surface area (Å²) in [6.45, 7) is 7.65. The first-order valence-corrected chi connectivity index (χ1v) is 10.3. The molecule has 1 fully saturated rings. The van der Waals surface area contributed by atoms with Crippen LogP contribution in [0.3, 0.4) is 0 Å². The smallest absolute Gasteiger partial charge is 0.354 e. The van der Waals surface area contributed by atoms with Gasteiger partial charge in [0, 0.05) is 12.6 Å². The van der Waals surface area contributed by atoms with Gasteiger partial charge in [0.25, 0.3) is 11.1 Å². The lowest BCUT2D eigenvalue weighted by atomic mass is 10.2. The zero-order valence-corrected chi connectivity index (χ0v) is 17.8. The number of hydrogen-bond donors (Lipinski definition) is 1. The Balaban J connectivity index is 1.66. The van der Waals surface area contributed by atoms with Crippen molar-refractivity contribution < 1.29 is 0 Å². The van der Waals surface area contributed by atoms with E-state index in [1.54, 1.807) is 16.8 Å². The highest BCUT2D eigenvalue weighted by Crippen LogP contribution is 2.34. The van der Waals surface area contributed by atoms with Crippen molar-refractivity contribution in [3.8, 4) is 11.4 Å². The number of pyridine rings is 1. The number of nitrogens with one attached hydrogen (secondary N) is 1. The van der Waals surface area contributed by atoms with Crippen molar-refractivity contribution in [3.05, 3.63) is 83.1 Å². The molecule has 0 saturated heterocycles. The summed E-state index contributed by atoms with van der Waals surface area (Å²) >= 11 is 13.0. The number of nitrogens with zero attached hydrogens (tertiary/aromatic N) is 6. The van der Waals surface area contributed by atoms with E-state index in [4.69, 9.17) is 29.8 Å². The Labute approximate surface area is 189 Å². The molecule has 1 aliphatic carbocycles. The Morgan fingerprint density at radius 3 is 2.47 bits per heavy atom. The van der Waals surface area contributed by atoms with Crippen molar-refractivity contribution >= 4 is 40.1 Å². The monoisotopic (exact) mass is 469 g/mol. The van der Waals surface area contributed by atoms with Crippen LogP contribution in [0.2, 0.25) is 10.0 Å². The first-order chi connectivity index (χ1) is 15.4. The maximum atomic E-state index is 12.4. The number of rotatable bonds is 4. The zero-order valence-electron chi connectivity index (χ0n) is 16.2. The predicted molar refractivity (Wildman–Crippen MR) is 118 cm³/mol. The van der Waals surface area contributed by atoms with Crippen molar-refractivity contribution in [1.29, 1.82) is 0 Å². The van der Waals surface area contributed by atoms with Crippen LogP contribution in [0.1, 0.15) is 12.8 Å². The number of aromatic nitrogens is 6. The molecule has 12 heteroatoms. The first kappa shape index (κ1) is 20.2. The van der Waals surface area contributed by atoms with Crippen LogP contribution < -0.4 is 16.8 Å². The topological polar surface area (TPSA) is 112 Å². The van der Waals surface area contributed by atoms with Crippen LogP contribution >= 0.6 is 23.2 Å². The normalized spacial score (nSPS) is 13.4. The summed E-state index contributed by atoms with van der Waals surface area (Å²) in [6.07, 6.45) is 3.79. The molecule has 3 aromatic heterocycles. The van der Waals surface area contributed by atoms with E-state index in [9.17, 15) is 14.4 Å². The third kappa shape index (κ3) is 3.32. The van der Waals surface area contributed by atoms with Gasteiger partial charge in [0.15, 0.2) is 0 Å². The zero-order chi connectivity index (χ0) is 22.6. The third-order valence-corrected chi connectivity index (χ3v) is 5.82. The largest absolute Gasteiger partial charge is 0.365 e. The number of H-pyrrole nitrogens is 1. The van der Waals surface area contributed by atoms with E-state index in [1.807, 2.05) is 4.98 Å². The van der Waals surface area contributed by atoms with Gasteiger partial charge < -0.3 is 9.41 Å². The van der Waals surface area contributed by atoms with Crippen LogP contribution in [-0.4, -0.2) is 29.1 Å². The minimum Gasteiger partial charge on any atom is -0.354 e. The third-order valence-electron chi connectivity index (χ3n) is 5.24. The van der Waals surface area contributed by atoms with E-state index in [0.29, 0.717) is 29.2 Å². The van der Waals surface area contributed by atoms with Crippen molar-refractivity contribution in [1.82, 2.24) is 29.1 Å². The van der Waals surface area contributed by atoms with Gasteiger partial charge >= 0.3 is 11.5 Å². The molecule has 4 aromatic rings. The van der Waals surface area contributed by atoms with Crippen LogP contribution in [0.15, 0.2) is 44.8 Å². The fourth-order valence-corrected chi connectivity index (χ4v) is 4.15. The van der Waals surface area contributed by atoms with Crippen molar-refractivity contribution in [3.63, 3.8) is 0 Å². The van der Waals surface area contributed by atoms with E-state index in [-0.39, 0.29) is 21.3 Å². The van der Waals surface area contributed by atoms with Crippen LogP contribution in [0.25, 0.3) is 27.3 Å². The maximum absolute atomic E-state index is 12.4. The van der Waals surface area contributed by atoms with E-state index in [1.165, 1.54) is 22.9 Å². The highest BCUT2D eigenvalue weighted by Gasteiger charge is 2.24. The number of benzene rings is 1. The van der Waals surface area contributed by atoms with Crippen molar-refractivity contribution in [2.24, 2.45) is 5.92 Å². The molecule has 5 rings (SSSR count). The average Bonchev–Trinajstić information content (AvgIpc) is 3.47. The van der Waals surface area contributed by atoms with Crippen LogP contribution in [-0.2, 0) is 6.54 Å². The van der Waals surface area contributed by atoms with Crippen molar-refractivity contribution in [2.45, 2.75) is 19.4 Å². The molecular formula is C20H13Cl2N7O3. The Hall–Kier alpha value is -3.68. The number of hydrogen-bond acceptors (Lipinski definition) is 5. The summed E-state index contributed by atoms with van der Waals surface area (Å²) < 4.78 is 4.06. The van der Waals surface area contributed by atoms with E-state index >= 15 is 0 Å². The summed E-state index contributed by atoms with van der Waals surface area (Å²) in [5.74, 6) is 0.00390. The minimum absolute atomic E-state index is 0.101. The first-order valence-electron chi connectivity index (χ1n) is 9.56. The molecule has 10 nitrogen and oxygen atoms in total. The lowest BCUT2D eigenvalue weighted by molar-refractivity contribution is 0.627. The number of fused-ring (bicyclic) bond motifs is 1. The van der Waals surface area contributed by atoms with Gasteiger partial charge in [0.1, 0.15) is 5.69 Å². The van der Waals surface area contributed by atoms with Gasteiger partial charge in [-0.1, -0.05) is 29.8 Å². The van der Waals surface area contributed by atoms with Crippen LogP contribution in [0.5, 0.6) is 0 Å². The Morgan fingerprint density at radius 1 is 1.09 bits per heavy atom. The van der Waals surface area contributed by atoms with Gasteiger partial charge in [-0.05, 0) is 42.1 Å². The van der Waals surface area contributed by atoms with Crippen LogP contribution in [0.4, 0.5) is 5.82 Å². The summed E-state index contributed by atoms with van der Waals surface area (Å²) in [4.78, 5) is 41.2. The SMILES string of the molecule is [C-]#[N+]c1nn(-c2cc(Cl)c(-n3ncc4c3ccc(=O)n4CC3CC3)c(Cl)c2)c(=O)[nH]c1=O. The molecule has 0 amide bonds. The molecule has 160 valence electrons. The Kier molecular flexibility index (Phi) is 4.73. The van der Waals surface area contributed by atoms with Crippen molar-refractivity contribution in [2.75, 3.05) is 0 Å². The molecule has 0 aliphatic heterocycles. The molecule has 0 radical (unpaired) electrons. The quantitative estimate of drug-likeness (QED) is 0.461. The molecule has 1 N–H and O–H groups in total. The van der Waals surface area contributed by atoms with Gasteiger partial charge in [-0.25, -0.2) is 9.48 Å². The molecule has 0 spiro atoms. The molecular weight excluding hydrogens is 457 g/mol. The Morgan fingerprint density at radius 2 is 1.81 bits per heavy atom. The van der Waals surface area contributed by atoms with Gasteiger partial charge in [0.05, 0.1) is 33.0 Å². The molecule has 0 unspecified atom stereocenters. The number of halogens is 2. The average molecular weight is 470 g/mol. The van der Waals surface area contributed by atoms with E-state index in [0.717, 1.165) is 17.5 Å². The lowest BCUT2D eigenvalue weighted by Crippen LogP contribution is -2.30. The number of aromatic amines is 1. The van der Waals surface area contributed by atoms with E-state index < -0.39 is 17.1 Å². The Bertz CT molecular complexity index is 1600. The fourth-order valence-electron chi connectivity index (χ4n) is 3.51. The standard InChI is InChI=1S/C20H13Cl2N7O3/c1-23-18-19(31)25-20(32)28(26-18)11-6-12(21)17(13(22)7-11)29-14-4-5-16(30)27(9-10-2-3-10)15(14)8-24-29/h4-8,10H,2-3,9H2,(H,25,31,32). The minimum atomic E-state index is -0.879. The lowest BCUT2D eigenvalue weighted by Gasteiger charge is -2.11. The van der Waals surface area contributed by atoms with Gasteiger partial charge in [-0.2, -0.15) is 5.10 Å². The molecule has 1 aliphatic rings. The highest BCUT2D eigenvalue weighted by atomic mass is 35.5. The highest BCUT2D eigenvalue weighted by molar-refractivity contribution is 6.38. The summed E-state index contributed by atoms with van der Waals surface area (Å²) in [5.41, 5.74) is 0.0164. The molecule has 0 atom stereocenters. The second-order valence-electron chi connectivity index (χ2n) is 7.42. The van der Waals surface area contributed by atoms with E-state index in [2.05, 4.69) is 15.0 Å². The summed E-state index contributed by atoms with van der Waals surface area (Å²) in [6, 6.07) is 5.99. The van der Waals surface area contributed by atoms with Gasteiger partial charge in [-0.15, -0.1) is 4.68 Å². The predicted octanol–water partition coefficient (Wildman–Crippen LogP) is 2.69.